The van der Waals surface area contributed by atoms with E-state index in [9.17, 15) is 8.42 Å². The molecule has 1 aliphatic heterocycles. The summed E-state index contributed by atoms with van der Waals surface area (Å²) in [5, 5.41) is 5.84. The monoisotopic (exact) mass is 453 g/mol. The SMILES string of the molecule is O=S(=O)(c1cccs1)N1CCCC(c2nc(-c3cccc(Br)c3)no2)C1. The highest BCUT2D eigenvalue weighted by atomic mass is 79.9. The molecule has 136 valence electrons. The molecule has 0 N–H and O–H groups in total. The second-order valence-electron chi connectivity index (χ2n) is 6.10. The van der Waals surface area contributed by atoms with Gasteiger partial charge < -0.3 is 4.52 Å². The van der Waals surface area contributed by atoms with Gasteiger partial charge in [0.1, 0.15) is 4.21 Å². The lowest BCUT2D eigenvalue weighted by Crippen LogP contribution is -2.38. The number of sulfonamides is 1. The van der Waals surface area contributed by atoms with E-state index in [0.717, 1.165) is 22.9 Å². The Bertz CT molecular complexity index is 1000. The summed E-state index contributed by atoms with van der Waals surface area (Å²) in [5.41, 5.74) is 0.855. The summed E-state index contributed by atoms with van der Waals surface area (Å²) in [5.74, 6) is 0.914. The van der Waals surface area contributed by atoms with Crippen LogP contribution < -0.4 is 0 Å². The largest absolute Gasteiger partial charge is 0.339 e. The minimum absolute atomic E-state index is 0.0908. The van der Waals surface area contributed by atoms with Crippen LogP contribution in [0.3, 0.4) is 0 Å². The van der Waals surface area contributed by atoms with E-state index in [1.165, 1.54) is 15.6 Å². The quantitative estimate of drug-likeness (QED) is 0.593. The normalized spacial score (nSPS) is 18.9. The second-order valence-corrected chi connectivity index (χ2v) is 10.1. The fourth-order valence-corrected chi connectivity index (χ4v) is 6.11. The first kappa shape index (κ1) is 17.8. The van der Waals surface area contributed by atoms with E-state index in [1.807, 2.05) is 24.3 Å². The van der Waals surface area contributed by atoms with Crippen molar-refractivity contribution >= 4 is 37.3 Å². The molecule has 0 radical (unpaired) electrons. The van der Waals surface area contributed by atoms with Gasteiger partial charge in [0, 0.05) is 23.1 Å². The third kappa shape index (κ3) is 3.48. The van der Waals surface area contributed by atoms with E-state index in [1.54, 1.807) is 17.5 Å². The first-order valence-corrected chi connectivity index (χ1v) is 11.3. The van der Waals surface area contributed by atoms with E-state index < -0.39 is 10.0 Å². The minimum atomic E-state index is -3.45. The Labute approximate surface area is 164 Å². The predicted molar refractivity (Wildman–Crippen MR) is 102 cm³/mol. The highest BCUT2D eigenvalue weighted by molar-refractivity contribution is 9.10. The molecule has 1 unspecified atom stereocenters. The van der Waals surface area contributed by atoms with Crippen LogP contribution in [0.15, 0.2) is 55.0 Å². The highest BCUT2D eigenvalue weighted by Crippen LogP contribution is 2.32. The molecule has 2 aromatic heterocycles. The number of halogens is 1. The number of aromatic nitrogens is 2. The summed E-state index contributed by atoms with van der Waals surface area (Å²) < 4.78 is 33.8. The third-order valence-corrected chi connectivity index (χ3v) is 8.08. The molecule has 26 heavy (non-hydrogen) atoms. The summed E-state index contributed by atoms with van der Waals surface area (Å²) >= 11 is 4.67. The van der Waals surface area contributed by atoms with E-state index >= 15 is 0 Å². The van der Waals surface area contributed by atoms with Crippen molar-refractivity contribution < 1.29 is 12.9 Å². The lowest BCUT2D eigenvalue weighted by Gasteiger charge is -2.29. The summed E-state index contributed by atoms with van der Waals surface area (Å²) in [6.07, 6.45) is 1.60. The van der Waals surface area contributed by atoms with E-state index in [4.69, 9.17) is 4.52 Å². The van der Waals surface area contributed by atoms with Crippen LogP contribution in [-0.4, -0.2) is 36.0 Å². The van der Waals surface area contributed by atoms with Gasteiger partial charge in [-0.2, -0.15) is 9.29 Å². The smallest absolute Gasteiger partial charge is 0.252 e. The van der Waals surface area contributed by atoms with Gasteiger partial charge in [-0.3, -0.25) is 0 Å². The van der Waals surface area contributed by atoms with Crippen molar-refractivity contribution in [2.75, 3.05) is 13.1 Å². The topological polar surface area (TPSA) is 76.3 Å². The molecule has 6 nitrogen and oxygen atoms in total. The fourth-order valence-electron chi connectivity index (χ4n) is 3.05. The molecule has 1 aromatic carbocycles. The number of hydrogen-bond donors (Lipinski definition) is 0. The van der Waals surface area contributed by atoms with Crippen molar-refractivity contribution in [3.05, 3.63) is 52.1 Å². The van der Waals surface area contributed by atoms with Crippen molar-refractivity contribution in [3.8, 4) is 11.4 Å². The zero-order valence-electron chi connectivity index (χ0n) is 13.7. The molecule has 1 aliphatic rings. The highest BCUT2D eigenvalue weighted by Gasteiger charge is 2.33. The minimum Gasteiger partial charge on any atom is -0.339 e. The van der Waals surface area contributed by atoms with Crippen molar-refractivity contribution in [2.45, 2.75) is 23.0 Å². The van der Waals surface area contributed by atoms with Gasteiger partial charge >= 0.3 is 0 Å². The molecule has 0 amide bonds. The maximum absolute atomic E-state index is 12.8. The van der Waals surface area contributed by atoms with Crippen LogP contribution in [0, 0.1) is 0 Å². The van der Waals surface area contributed by atoms with Gasteiger partial charge in [-0.15, -0.1) is 11.3 Å². The van der Waals surface area contributed by atoms with Gasteiger partial charge in [0.05, 0.1) is 5.92 Å². The van der Waals surface area contributed by atoms with Crippen LogP contribution in [0.1, 0.15) is 24.7 Å². The molecule has 0 aliphatic carbocycles. The number of thiophene rings is 1. The lowest BCUT2D eigenvalue weighted by atomic mass is 10.00. The Morgan fingerprint density at radius 2 is 2.15 bits per heavy atom. The second kappa shape index (κ2) is 7.22. The molecule has 3 heterocycles. The van der Waals surface area contributed by atoms with Crippen LogP contribution in [0.4, 0.5) is 0 Å². The Morgan fingerprint density at radius 1 is 1.27 bits per heavy atom. The van der Waals surface area contributed by atoms with Crippen molar-refractivity contribution in [1.82, 2.24) is 14.4 Å². The van der Waals surface area contributed by atoms with Crippen LogP contribution in [0.2, 0.25) is 0 Å². The van der Waals surface area contributed by atoms with Gasteiger partial charge in [-0.1, -0.05) is 39.3 Å². The zero-order chi connectivity index (χ0) is 18.1. The number of hydrogen-bond acceptors (Lipinski definition) is 6. The average Bonchev–Trinajstić information content (AvgIpc) is 3.34. The Balaban J connectivity index is 1.56. The molecule has 0 bridgehead atoms. The molecule has 1 atom stereocenters. The van der Waals surface area contributed by atoms with E-state index in [0.29, 0.717) is 29.0 Å². The van der Waals surface area contributed by atoms with Crippen LogP contribution in [0.5, 0.6) is 0 Å². The molecule has 0 spiro atoms. The van der Waals surface area contributed by atoms with Gasteiger partial charge in [-0.05, 0) is 36.4 Å². The van der Waals surface area contributed by atoms with E-state index in [-0.39, 0.29) is 5.92 Å². The summed E-state index contributed by atoms with van der Waals surface area (Å²) in [7, 11) is -3.45. The molecular weight excluding hydrogens is 438 g/mol. The summed E-state index contributed by atoms with van der Waals surface area (Å²) in [6.45, 7) is 0.879. The Hall–Kier alpha value is -1.55. The molecule has 3 aromatic rings. The standard InChI is InChI=1S/C17H16BrN3O3S2/c18-14-6-1-4-12(10-14)16-19-17(24-20-16)13-5-2-8-21(11-13)26(22,23)15-7-3-9-25-15/h1,3-4,6-7,9-10,13H,2,5,8,11H2. The fraction of sp³-hybridized carbons (Fsp3) is 0.294. The van der Waals surface area contributed by atoms with Crippen molar-refractivity contribution in [2.24, 2.45) is 0 Å². The maximum atomic E-state index is 12.8. The predicted octanol–water partition coefficient (Wildman–Crippen LogP) is 4.13. The molecule has 9 heteroatoms. The van der Waals surface area contributed by atoms with Gasteiger partial charge in [-0.25, -0.2) is 8.42 Å². The van der Waals surface area contributed by atoms with E-state index in [2.05, 4.69) is 26.1 Å². The first-order chi connectivity index (χ1) is 12.5. The number of benzene rings is 1. The molecular formula is C17H16BrN3O3S2. The van der Waals surface area contributed by atoms with Gasteiger partial charge in [0.15, 0.2) is 0 Å². The number of rotatable bonds is 4. The molecule has 0 saturated carbocycles. The maximum Gasteiger partial charge on any atom is 0.252 e. The lowest BCUT2D eigenvalue weighted by molar-refractivity contribution is 0.266. The summed E-state index contributed by atoms with van der Waals surface area (Å²) in [4.78, 5) is 4.51. The first-order valence-electron chi connectivity index (χ1n) is 8.17. The molecule has 1 saturated heterocycles. The van der Waals surface area contributed by atoms with Crippen molar-refractivity contribution in [3.63, 3.8) is 0 Å². The van der Waals surface area contributed by atoms with Crippen molar-refractivity contribution in [1.29, 1.82) is 0 Å². The average molecular weight is 454 g/mol. The van der Waals surface area contributed by atoms with Crippen LogP contribution >= 0.6 is 27.3 Å². The van der Waals surface area contributed by atoms with Crippen LogP contribution in [-0.2, 0) is 10.0 Å². The number of nitrogens with zero attached hydrogens (tertiary/aromatic N) is 3. The Morgan fingerprint density at radius 3 is 2.92 bits per heavy atom. The summed E-state index contributed by atoms with van der Waals surface area (Å²) in [6, 6.07) is 11.1. The van der Waals surface area contributed by atoms with Gasteiger partial charge in [0.2, 0.25) is 11.7 Å². The van der Waals surface area contributed by atoms with Gasteiger partial charge in [0.25, 0.3) is 10.0 Å². The van der Waals surface area contributed by atoms with Crippen LogP contribution in [0.25, 0.3) is 11.4 Å². The number of piperidine rings is 1. The zero-order valence-corrected chi connectivity index (χ0v) is 16.9. The third-order valence-electron chi connectivity index (χ3n) is 4.35. The Kier molecular flexibility index (Phi) is 4.96. The molecule has 4 rings (SSSR count). The molecule has 1 fully saturated rings.